The molecule has 0 N–H and O–H groups in total. The molecule has 4 rings (SSSR count). The van der Waals surface area contributed by atoms with Gasteiger partial charge in [0.15, 0.2) is 5.76 Å². The first-order chi connectivity index (χ1) is 11.2. The van der Waals surface area contributed by atoms with Gasteiger partial charge in [-0.3, -0.25) is 9.47 Å². The van der Waals surface area contributed by atoms with Crippen LogP contribution in [-0.2, 0) is 19.6 Å². The fourth-order valence-corrected chi connectivity index (χ4v) is 3.75. The number of hydrogen-bond donors (Lipinski definition) is 0. The maximum atomic E-state index is 12.6. The molecule has 4 heterocycles. The van der Waals surface area contributed by atoms with Crippen molar-refractivity contribution in [1.29, 1.82) is 0 Å². The lowest BCUT2D eigenvalue weighted by molar-refractivity contribution is 0.161. The first-order valence-electron chi connectivity index (χ1n) is 8.56. The second-order valence-corrected chi connectivity index (χ2v) is 6.64. The van der Waals surface area contributed by atoms with E-state index in [1.807, 2.05) is 17.6 Å². The van der Waals surface area contributed by atoms with Gasteiger partial charge in [-0.2, -0.15) is 9.78 Å². The lowest BCUT2D eigenvalue weighted by atomic mass is 10.1. The molecule has 0 aromatic carbocycles. The van der Waals surface area contributed by atoms with Crippen LogP contribution < -0.4 is 5.69 Å². The van der Waals surface area contributed by atoms with Crippen molar-refractivity contribution in [2.75, 3.05) is 6.54 Å². The Morgan fingerprint density at radius 1 is 1.26 bits per heavy atom. The minimum Gasteiger partial charge on any atom is -0.359 e. The molecule has 0 bridgehead atoms. The van der Waals surface area contributed by atoms with Crippen LogP contribution in [0.4, 0.5) is 0 Å². The summed E-state index contributed by atoms with van der Waals surface area (Å²) in [5, 5.41) is 8.58. The summed E-state index contributed by atoms with van der Waals surface area (Å²) in [6.07, 6.45) is 6.43. The van der Waals surface area contributed by atoms with Crippen molar-refractivity contribution >= 4 is 0 Å². The van der Waals surface area contributed by atoms with Gasteiger partial charge in [-0.15, -0.1) is 0 Å². The van der Waals surface area contributed by atoms with Gasteiger partial charge in [0.1, 0.15) is 5.82 Å². The zero-order valence-corrected chi connectivity index (χ0v) is 13.6. The summed E-state index contributed by atoms with van der Waals surface area (Å²) in [4.78, 5) is 14.9. The molecule has 1 fully saturated rings. The summed E-state index contributed by atoms with van der Waals surface area (Å²) in [6, 6.07) is 2.19. The Kier molecular flexibility index (Phi) is 3.80. The monoisotopic (exact) mass is 317 g/mol. The van der Waals surface area contributed by atoms with E-state index in [9.17, 15) is 4.79 Å². The van der Waals surface area contributed by atoms with Crippen LogP contribution in [0.3, 0.4) is 0 Å². The Hall–Kier alpha value is -1.89. The fourth-order valence-electron chi connectivity index (χ4n) is 3.75. The summed E-state index contributed by atoms with van der Waals surface area (Å²) in [5.74, 6) is 1.84. The minimum absolute atomic E-state index is 0.0290. The molecular weight excluding hydrogens is 294 g/mol. The van der Waals surface area contributed by atoms with Gasteiger partial charge in [0.05, 0.1) is 18.4 Å². The van der Waals surface area contributed by atoms with Crippen LogP contribution in [0.2, 0.25) is 0 Å². The van der Waals surface area contributed by atoms with E-state index in [4.69, 9.17) is 4.52 Å². The van der Waals surface area contributed by atoms with Crippen LogP contribution in [0.1, 0.15) is 55.4 Å². The molecule has 7 nitrogen and oxygen atoms in total. The van der Waals surface area contributed by atoms with E-state index in [-0.39, 0.29) is 11.7 Å². The van der Waals surface area contributed by atoms with Crippen molar-refractivity contribution in [3.63, 3.8) is 0 Å². The highest BCUT2D eigenvalue weighted by Gasteiger charge is 2.30. The molecule has 2 aliphatic rings. The molecule has 1 atom stereocenters. The van der Waals surface area contributed by atoms with Crippen LogP contribution in [0, 0.1) is 6.92 Å². The maximum Gasteiger partial charge on any atom is 0.347 e. The van der Waals surface area contributed by atoms with E-state index in [2.05, 4.69) is 15.2 Å². The summed E-state index contributed by atoms with van der Waals surface area (Å²) in [6.45, 7) is 4.23. The van der Waals surface area contributed by atoms with Crippen LogP contribution in [0.5, 0.6) is 0 Å². The van der Waals surface area contributed by atoms with Crippen molar-refractivity contribution < 1.29 is 4.52 Å². The normalized spacial score (nSPS) is 22.2. The molecule has 124 valence electrons. The third-order valence-electron chi connectivity index (χ3n) is 4.94. The van der Waals surface area contributed by atoms with Gasteiger partial charge in [0.25, 0.3) is 0 Å². The Balaban J connectivity index is 1.57. The minimum atomic E-state index is 0.0290. The highest BCUT2D eigenvalue weighted by molar-refractivity contribution is 5.09. The number of aromatic nitrogens is 4. The second-order valence-electron chi connectivity index (χ2n) is 6.64. The molecule has 7 heteroatoms. The zero-order valence-electron chi connectivity index (χ0n) is 13.6. The van der Waals surface area contributed by atoms with Gasteiger partial charge < -0.3 is 4.52 Å². The average Bonchev–Trinajstić information content (AvgIpc) is 3.18. The molecule has 0 aliphatic carbocycles. The molecule has 0 radical (unpaired) electrons. The van der Waals surface area contributed by atoms with Crippen LogP contribution in [-0.4, -0.2) is 30.9 Å². The van der Waals surface area contributed by atoms with Crippen molar-refractivity contribution in [3.8, 4) is 0 Å². The van der Waals surface area contributed by atoms with Crippen molar-refractivity contribution in [2.45, 2.75) is 64.7 Å². The summed E-state index contributed by atoms with van der Waals surface area (Å²) in [7, 11) is 0. The highest BCUT2D eigenvalue weighted by Crippen LogP contribution is 2.32. The van der Waals surface area contributed by atoms with Gasteiger partial charge in [0.2, 0.25) is 0 Å². The molecule has 23 heavy (non-hydrogen) atoms. The van der Waals surface area contributed by atoms with Crippen molar-refractivity contribution in [2.24, 2.45) is 0 Å². The van der Waals surface area contributed by atoms with Gasteiger partial charge >= 0.3 is 5.69 Å². The Morgan fingerprint density at radius 3 is 3.00 bits per heavy atom. The molecule has 1 saturated heterocycles. The first kappa shape index (κ1) is 14.7. The molecule has 2 aliphatic heterocycles. The number of rotatable bonds is 3. The van der Waals surface area contributed by atoms with E-state index in [0.717, 1.165) is 62.5 Å². The number of aryl methyl sites for hydroxylation is 2. The van der Waals surface area contributed by atoms with E-state index in [1.54, 1.807) is 4.68 Å². The predicted molar refractivity (Wildman–Crippen MR) is 84.0 cm³/mol. The lowest BCUT2D eigenvalue weighted by Crippen LogP contribution is -2.33. The van der Waals surface area contributed by atoms with E-state index < -0.39 is 0 Å². The lowest BCUT2D eigenvalue weighted by Gasteiger charge is -2.21. The Labute approximate surface area is 134 Å². The number of fused-ring (bicyclic) bond motifs is 1. The second kappa shape index (κ2) is 5.96. The Bertz CT molecular complexity index is 744. The van der Waals surface area contributed by atoms with Crippen LogP contribution in [0.25, 0.3) is 0 Å². The number of hydrogen-bond acceptors (Lipinski definition) is 5. The fraction of sp³-hybridized carbons (Fsp3) is 0.688. The van der Waals surface area contributed by atoms with E-state index >= 15 is 0 Å². The SMILES string of the molecule is Cc1cc([C@@H]2CCCN2Cn2nc3n(c2=O)CCCCC3)on1. The third-order valence-corrected chi connectivity index (χ3v) is 4.94. The van der Waals surface area contributed by atoms with Crippen molar-refractivity contribution in [1.82, 2.24) is 24.4 Å². The van der Waals surface area contributed by atoms with Gasteiger partial charge in [0, 0.05) is 25.6 Å². The summed E-state index contributed by atoms with van der Waals surface area (Å²) >= 11 is 0. The standard InChI is InChI=1S/C16H23N5O2/c1-12-10-14(23-18-12)13-6-5-8-19(13)11-21-16(22)20-9-4-2-3-7-15(20)17-21/h10,13H,2-9,11H2,1H3/t13-/m0/s1. The molecule has 0 amide bonds. The van der Waals surface area contributed by atoms with Gasteiger partial charge in [-0.1, -0.05) is 11.6 Å². The van der Waals surface area contributed by atoms with Crippen molar-refractivity contribution in [3.05, 3.63) is 33.8 Å². The van der Waals surface area contributed by atoms with Crippen LogP contribution in [0.15, 0.2) is 15.4 Å². The molecule has 0 spiro atoms. The maximum absolute atomic E-state index is 12.6. The van der Waals surface area contributed by atoms with E-state index in [0.29, 0.717) is 6.67 Å². The van der Waals surface area contributed by atoms with E-state index in [1.165, 1.54) is 6.42 Å². The highest BCUT2D eigenvalue weighted by atomic mass is 16.5. The quantitative estimate of drug-likeness (QED) is 0.864. The van der Waals surface area contributed by atoms with Gasteiger partial charge in [-0.05, 0) is 32.6 Å². The smallest absolute Gasteiger partial charge is 0.347 e. The Morgan fingerprint density at radius 2 is 2.17 bits per heavy atom. The third kappa shape index (κ3) is 2.73. The molecule has 0 saturated carbocycles. The zero-order chi connectivity index (χ0) is 15.8. The molecule has 0 unspecified atom stereocenters. The summed E-state index contributed by atoms with van der Waals surface area (Å²) < 4.78 is 8.92. The largest absolute Gasteiger partial charge is 0.359 e. The number of likely N-dealkylation sites (tertiary alicyclic amines) is 1. The predicted octanol–water partition coefficient (Wildman–Crippen LogP) is 1.86. The van der Waals surface area contributed by atoms with Crippen LogP contribution >= 0.6 is 0 Å². The summed E-state index contributed by atoms with van der Waals surface area (Å²) in [5.41, 5.74) is 0.930. The topological polar surface area (TPSA) is 69.1 Å². The molecule has 2 aromatic rings. The molecule has 2 aromatic heterocycles. The van der Waals surface area contributed by atoms with Gasteiger partial charge in [-0.25, -0.2) is 4.79 Å². The average molecular weight is 317 g/mol. The first-order valence-corrected chi connectivity index (χ1v) is 8.56. The molecular formula is C16H23N5O2. The number of nitrogens with zero attached hydrogens (tertiary/aromatic N) is 5.